The SMILES string of the molecule is c1ccc(-c2ccc(-c3cccc(-c4cc(-c5cccc(-c6ccc7c8ccccc8c8ccccc8c7c6)c5)cc5c4Cc4ccccc4-5)c3)cc2)cc1. The fourth-order valence-electron chi connectivity index (χ4n) is 8.97. The van der Waals surface area contributed by atoms with Crippen LogP contribution in [0.5, 0.6) is 0 Å². The fourth-order valence-corrected chi connectivity index (χ4v) is 8.97. The molecule has 10 aromatic rings. The quantitative estimate of drug-likeness (QED) is 0.157. The lowest BCUT2D eigenvalue weighted by Crippen LogP contribution is -1.92. The topological polar surface area (TPSA) is 0 Å². The molecule has 0 heteroatoms. The van der Waals surface area contributed by atoms with Gasteiger partial charge < -0.3 is 0 Å². The van der Waals surface area contributed by atoms with Crippen LogP contribution in [-0.4, -0.2) is 0 Å². The van der Waals surface area contributed by atoms with Gasteiger partial charge in [0.2, 0.25) is 0 Å². The molecule has 1 aliphatic rings. The highest BCUT2D eigenvalue weighted by Crippen LogP contribution is 2.45. The minimum absolute atomic E-state index is 0.941. The van der Waals surface area contributed by atoms with E-state index >= 15 is 0 Å². The third-order valence-corrected chi connectivity index (χ3v) is 11.7. The molecule has 0 spiro atoms. The maximum absolute atomic E-state index is 2.43. The Bertz CT molecular complexity index is 3060. The highest BCUT2D eigenvalue weighted by atomic mass is 14.3. The first-order valence-corrected chi connectivity index (χ1v) is 19.2. The third kappa shape index (κ3) is 5.38. The summed E-state index contributed by atoms with van der Waals surface area (Å²) in [5, 5.41) is 7.80. The molecule has 0 saturated heterocycles. The summed E-state index contributed by atoms with van der Waals surface area (Å²) >= 11 is 0. The van der Waals surface area contributed by atoms with Gasteiger partial charge in [-0.25, -0.2) is 0 Å². The Morgan fingerprint density at radius 1 is 0.218 bits per heavy atom. The van der Waals surface area contributed by atoms with E-state index in [1.165, 1.54) is 110 Å². The van der Waals surface area contributed by atoms with Crippen LogP contribution < -0.4 is 0 Å². The van der Waals surface area contributed by atoms with Crippen molar-refractivity contribution in [2.45, 2.75) is 6.42 Å². The second-order valence-corrected chi connectivity index (χ2v) is 14.8. The van der Waals surface area contributed by atoms with Crippen LogP contribution in [0.15, 0.2) is 206 Å². The number of hydrogen-bond acceptors (Lipinski definition) is 0. The lowest BCUT2D eigenvalue weighted by molar-refractivity contribution is 1.26. The van der Waals surface area contributed by atoms with Crippen LogP contribution in [0.4, 0.5) is 0 Å². The van der Waals surface area contributed by atoms with Crippen molar-refractivity contribution in [2.24, 2.45) is 0 Å². The van der Waals surface area contributed by atoms with Crippen molar-refractivity contribution in [3.8, 4) is 66.8 Å². The van der Waals surface area contributed by atoms with Gasteiger partial charge in [0, 0.05) is 0 Å². The second kappa shape index (κ2) is 12.8. The van der Waals surface area contributed by atoms with Crippen molar-refractivity contribution in [3.05, 3.63) is 217 Å². The van der Waals surface area contributed by atoms with E-state index in [2.05, 4.69) is 206 Å². The van der Waals surface area contributed by atoms with Crippen LogP contribution in [0.1, 0.15) is 11.1 Å². The van der Waals surface area contributed by atoms with E-state index in [9.17, 15) is 0 Å². The summed E-state index contributed by atoms with van der Waals surface area (Å²) in [6.07, 6.45) is 0.941. The van der Waals surface area contributed by atoms with Crippen molar-refractivity contribution in [2.75, 3.05) is 0 Å². The standard InChI is InChI=1S/C55H36/c1-2-12-36(13-3-1)37-24-26-38(27-25-37)39-15-11-18-43(31-39)52-34-45(35-53-46-19-5-4-14-44(46)33-55(52)53)41-17-10-16-40(30-41)42-28-29-51-49-22-7-6-20-47(49)48-21-8-9-23-50(48)54(51)32-42/h1-32,34-35H,33H2. The summed E-state index contributed by atoms with van der Waals surface area (Å²) in [4.78, 5) is 0. The predicted octanol–water partition coefficient (Wildman–Crippen LogP) is 15.1. The molecule has 0 heterocycles. The average Bonchev–Trinajstić information content (AvgIpc) is 3.65. The third-order valence-electron chi connectivity index (χ3n) is 11.7. The summed E-state index contributed by atoms with van der Waals surface area (Å²) < 4.78 is 0. The molecule has 0 saturated carbocycles. The van der Waals surface area contributed by atoms with Crippen LogP contribution in [0.3, 0.4) is 0 Å². The largest absolute Gasteiger partial charge is 0.0622 e. The molecular formula is C55H36. The predicted molar refractivity (Wildman–Crippen MR) is 234 cm³/mol. The minimum atomic E-state index is 0.941. The molecule has 0 atom stereocenters. The summed E-state index contributed by atoms with van der Waals surface area (Å²) in [6.45, 7) is 0. The molecule has 0 aromatic heterocycles. The van der Waals surface area contributed by atoms with E-state index in [-0.39, 0.29) is 0 Å². The number of benzene rings is 10. The lowest BCUT2D eigenvalue weighted by Gasteiger charge is -2.15. The van der Waals surface area contributed by atoms with Gasteiger partial charge >= 0.3 is 0 Å². The summed E-state index contributed by atoms with van der Waals surface area (Å²) in [5.41, 5.74) is 17.9. The normalized spacial score (nSPS) is 11.9. The van der Waals surface area contributed by atoms with Crippen LogP contribution >= 0.6 is 0 Å². The van der Waals surface area contributed by atoms with E-state index < -0.39 is 0 Å². The summed E-state index contributed by atoms with van der Waals surface area (Å²) in [6, 6.07) is 76.2. The van der Waals surface area contributed by atoms with Gasteiger partial charge in [0.25, 0.3) is 0 Å². The van der Waals surface area contributed by atoms with Crippen LogP contribution in [-0.2, 0) is 6.42 Å². The first-order valence-electron chi connectivity index (χ1n) is 19.2. The van der Waals surface area contributed by atoms with Crippen molar-refractivity contribution in [1.82, 2.24) is 0 Å². The van der Waals surface area contributed by atoms with Crippen molar-refractivity contribution >= 4 is 32.3 Å². The zero-order valence-corrected chi connectivity index (χ0v) is 30.3. The van der Waals surface area contributed by atoms with Gasteiger partial charge in [-0.05, 0) is 147 Å². The van der Waals surface area contributed by atoms with Gasteiger partial charge in [-0.15, -0.1) is 0 Å². The molecule has 1 aliphatic carbocycles. The van der Waals surface area contributed by atoms with E-state index in [1.807, 2.05) is 0 Å². The van der Waals surface area contributed by atoms with Crippen LogP contribution in [0.25, 0.3) is 99.1 Å². The Hall–Kier alpha value is -7.02. The van der Waals surface area contributed by atoms with Gasteiger partial charge in [-0.3, -0.25) is 0 Å². The molecule has 10 aromatic carbocycles. The molecule has 256 valence electrons. The smallest absolute Gasteiger partial charge is 0.000728 e. The fraction of sp³-hybridized carbons (Fsp3) is 0.0182. The van der Waals surface area contributed by atoms with Crippen molar-refractivity contribution in [1.29, 1.82) is 0 Å². The van der Waals surface area contributed by atoms with Gasteiger partial charge in [0.1, 0.15) is 0 Å². The first-order chi connectivity index (χ1) is 27.2. The molecule has 0 radical (unpaired) electrons. The van der Waals surface area contributed by atoms with Gasteiger partial charge in [-0.2, -0.15) is 0 Å². The Labute approximate surface area is 321 Å². The molecule has 0 N–H and O–H groups in total. The molecular weight excluding hydrogens is 661 g/mol. The van der Waals surface area contributed by atoms with Crippen molar-refractivity contribution < 1.29 is 0 Å². The summed E-state index contributed by atoms with van der Waals surface area (Å²) in [7, 11) is 0. The maximum Gasteiger partial charge on any atom is -0.000728 e. The maximum atomic E-state index is 2.43. The molecule has 0 aliphatic heterocycles. The first kappa shape index (κ1) is 31.5. The van der Waals surface area contributed by atoms with E-state index in [0.717, 1.165) is 6.42 Å². The molecule has 11 rings (SSSR count). The van der Waals surface area contributed by atoms with Crippen LogP contribution in [0.2, 0.25) is 0 Å². The Balaban J connectivity index is 1.03. The van der Waals surface area contributed by atoms with Crippen molar-refractivity contribution in [3.63, 3.8) is 0 Å². The average molecular weight is 697 g/mol. The zero-order chi connectivity index (χ0) is 36.3. The molecule has 0 unspecified atom stereocenters. The monoisotopic (exact) mass is 696 g/mol. The Kier molecular flexibility index (Phi) is 7.35. The van der Waals surface area contributed by atoms with E-state index in [1.54, 1.807) is 0 Å². The molecule has 0 fully saturated rings. The zero-order valence-electron chi connectivity index (χ0n) is 30.3. The number of fused-ring (bicyclic) bond motifs is 9. The number of rotatable bonds is 5. The van der Waals surface area contributed by atoms with Gasteiger partial charge in [0.05, 0.1) is 0 Å². The summed E-state index contributed by atoms with van der Waals surface area (Å²) in [5.74, 6) is 0. The van der Waals surface area contributed by atoms with E-state index in [4.69, 9.17) is 0 Å². The molecule has 55 heavy (non-hydrogen) atoms. The Morgan fingerprint density at radius 3 is 1.36 bits per heavy atom. The highest BCUT2D eigenvalue weighted by Gasteiger charge is 2.23. The highest BCUT2D eigenvalue weighted by molar-refractivity contribution is 6.25. The second-order valence-electron chi connectivity index (χ2n) is 14.8. The lowest BCUT2D eigenvalue weighted by atomic mass is 9.88. The minimum Gasteiger partial charge on any atom is -0.0622 e. The van der Waals surface area contributed by atoms with Crippen LogP contribution in [0, 0.1) is 0 Å². The number of hydrogen-bond donors (Lipinski definition) is 0. The Morgan fingerprint density at radius 2 is 0.655 bits per heavy atom. The van der Waals surface area contributed by atoms with E-state index in [0.29, 0.717) is 0 Å². The molecule has 0 amide bonds. The molecule has 0 nitrogen and oxygen atoms in total. The van der Waals surface area contributed by atoms with Gasteiger partial charge in [-0.1, -0.05) is 176 Å². The van der Waals surface area contributed by atoms with Gasteiger partial charge in [0.15, 0.2) is 0 Å². The molecule has 0 bridgehead atoms.